The summed E-state index contributed by atoms with van der Waals surface area (Å²) in [5, 5.41) is 29.8. The Bertz CT molecular complexity index is 5820. The second kappa shape index (κ2) is 42.9. The minimum atomic E-state index is -4.86. The third-order valence-corrected chi connectivity index (χ3v) is 20.2. The minimum Gasteiger partial charge on any atom is -0.444 e. The Morgan fingerprint density at radius 3 is 1.10 bits per heavy atom. The molecule has 8 aromatic heterocycles. The smallest absolute Gasteiger partial charge is 0.444 e. The SMILES string of the molecule is C.CC(C)(C)OC(=O)N(C(=O)OC(C)(C)C)c1cc(Cl)ncn1.CC(C)(C)OC(=O)Nc1cc(/C=C/C2CC2)ncn1.CC1(C(F)(F)F)NC(=O)c2ccc(Cl)c(=O)n21.CC1(C(F)(F)F)NC(=O)c2ccc(Nc3cc(/C=C/C4CC4)ncn3)c(=O)n21.CC1(C(F)(F)F)NC(=O)c2ccc(Nc3cc(/C=C/C4CC4)ncn3)c(=O)n21.Nc1cc(/C=C/C2CC2)ncn1.OB(O)/C=C/C1CC1. The zero-order valence-corrected chi connectivity index (χ0v) is 75.8. The van der Waals surface area contributed by atoms with Crippen LogP contribution < -0.4 is 59.2 Å². The maximum absolute atomic E-state index is 13.5. The predicted octanol–water partition coefficient (Wildman–Crippen LogP) is 16.2. The molecule has 3 unspecified atom stereocenters. The standard InChI is InChI=1S/2C18H16F3N5O2.C14H20ClN3O4.C14H19N3O2.C9H6ClF3N2O2.C9H11N3.C5H9BO2.CH4/c2*1-17(18(19,20)21)25-15(27)13-7-6-12(16(28)26(13)17)24-14-8-11(22-9-23-14)5-4-10-2-3-10;1-13(2,3)21-11(19)18(12(20)22-14(4,5)6)10-7-9(15)16-8-17-10;1-14(2,3)19-13(18)17-12-8-11(15-9-16-12)7-6-10-4-5-10;1-8(9(11,12)13)14-6(16)5-3-2-4(10)7(17)15(5)8;10-9-5-8(11-6-12-9)4-3-7-1-2-7;7-6(8)4-3-5-1-2-5;/h2*4-10H,2-3H2,1H3,(H,25,27)(H,22,23,24);7-8H,1-6H3;6-10H,4-5H2,1-3H3,(H,15,16,17,18);2-3H,1H3,(H,14,16);3-7H,1-2H2,(H2,10,11,12);3-5,7-8H,1-2H2;1H4/b2*5-4+;;7-6+;;2*4-3+;. The Labute approximate surface area is 778 Å². The number of nitrogens with one attached hydrogen (secondary N) is 6. The summed E-state index contributed by atoms with van der Waals surface area (Å²) in [7, 11) is -1.25. The van der Waals surface area contributed by atoms with Gasteiger partial charge in [0, 0.05) is 30.3 Å². The lowest BCUT2D eigenvalue weighted by Gasteiger charge is -2.29. The molecule has 0 radical (unpaired) electrons. The summed E-state index contributed by atoms with van der Waals surface area (Å²) in [4.78, 5) is 149. The molecule has 47 heteroatoms. The maximum atomic E-state index is 13.5. The van der Waals surface area contributed by atoms with Crippen LogP contribution in [0.4, 0.5) is 94.4 Å². The third-order valence-electron chi connectivity index (χ3n) is 19.7. The van der Waals surface area contributed by atoms with Crippen molar-refractivity contribution < 1.29 is 92.5 Å². The first-order chi connectivity index (χ1) is 62.5. The van der Waals surface area contributed by atoms with Gasteiger partial charge in [-0.1, -0.05) is 67.0 Å². The quantitative estimate of drug-likeness (QED) is 0.0188. The highest BCUT2D eigenvalue weighted by Gasteiger charge is 2.62. The number of imide groups is 1. The van der Waals surface area contributed by atoms with Crippen molar-refractivity contribution in [2.75, 3.05) is 26.6 Å². The number of alkyl halides is 9. The third kappa shape index (κ3) is 29.8. The average Bonchev–Trinajstić information content (AvgIpc) is 1.61. The van der Waals surface area contributed by atoms with Gasteiger partial charge in [-0.3, -0.25) is 47.8 Å². The van der Waals surface area contributed by atoms with Gasteiger partial charge in [0.15, 0.2) is 5.82 Å². The highest BCUT2D eigenvalue weighted by Crippen LogP contribution is 2.42. The number of halogens is 11. The van der Waals surface area contributed by atoms with Crippen molar-refractivity contribution in [3.63, 3.8) is 0 Å². The molecule has 722 valence electrons. The van der Waals surface area contributed by atoms with Crippen molar-refractivity contribution in [1.29, 1.82) is 0 Å². The van der Waals surface area contributed by atoms with Gasteiger partial charge in [0.2, 0.25) is 17.0 Å². The zero-order valence-electron chi connectivity index (χ0n) is 74.3. The summed E-state index contributed by atoms with van der Waals surface area (Å²) in [5.41, 5.74) is -6.44. The van der Waals surface area contributed by atoms with Gasteiger partial charge in [-0.25, -0.2) is 64.2 Å². The fourth-order valence-electron chi connectivity index (χ4n) is 12.0. The largest absolute Gasteiger partial charge is 0.480 e. The molecule has 0 bridgehead atoms. The van der Waals surface area contributed by atoms with Gasteiger partial charge in [-0.2, -0.15) is 44.4 Å². The van der Waals surface area contributed by atoms with E-state index in [1.165, 1.54) is 100 Å². The number of anilines is 7. The summed E-state index contributed by atoms with van der Waals surface area (Å²) in [6, 6.07) is 15.0. The molecule has 5 saturated carbocycles. The molecule has 5 fully saturated rings. The monoisotopic (exact) mass is 1930 g/mol. The number of hydrogen-bond donors (Lipinski definition) is 9. The molecule has 8 aliphatic rings. The van der Waals surface area contributed by atoms with E-state index in [2.05, 4.69) is 77.9 Å². The van der Waals surface area contributed by atoms with Crippen molar-refractivity contribution in [2.24, 2.45) is 29.6 Å². The number of carbonyl (C=O) groups excluding carboxylic acids is 6. The van der Waals surface area contributed by atoms with Crippen LogP contribution in [0.25, 0.3) is 24.3 Å². The molecule has 16 rings (SSSR count). The molecule has 0 aromatic carbocycles. The number of ether oxygens (including phenoxy) is 3. The molecule has 11 heterocycles. The van der Waals surface area contributed by atoms with Crippen LogP contribution in [0.3, 0.4) is 0 Å². The molecule has 8 aromatic rings. The first-order valence-electron chi connectivity index (χ1n) is 41.7. The first kappa shape index (κ1) is 105. The number of pyridine rings is 3. The number of nitrogen functional groups attached to an aromatic ring is 1. The van der Waals surface area contributed by atoms with E-state index in [0.717, 1.165) is 75.3 Å². The highest BCUT2D eigenvalue weighted by molar-refractivity contribution is 6.47. The molecule has 10 N–H and O–H groups in total. The number of amides is 6. The molecule has 0 spiro atoms. The second-order valence-corrected chi connectivity index (χ2v) is 35.8. The van der Waals surface area contributed by atoms with Crippen LogP contribution in [-0.4, -0.2) is 152 Å². The number of hydrogen-bond acceptors (Lipinski definition) is 27. The Morgan fingerprint density at radius 2 is 0.770 bits per heavy atom. The van der Waals surface area contributed by atoms with E-state index in [-0.39, 0.29) is 63.5 Å². The number of aromatic nitrogens is 13. The molecule has 3 atom stereocenters. The van der Waals surface area contributed by atoms with Crippen LogP contribution in [0.2, 0.25) is 10.2 Å². The van der Waals surface area contributed by atoms with Crippen molar-refractivity contribution >= 4 is 131 Å². The molecule has 0 saturated heterocycles. The Morgan fingerprint density at radius 1 is 0.452 bits per heavy atom. The number of nitrogens with zero attached hydrogens (tertiary/aromatic N) is 14. The lowest BCUT2D eigenvalue weighted by atomic mass is 9.91. The van der Waals surface area contributed by atoms with E-state index in [1.807, 2.05) is 73.9 Å². The Kier molecular flexibility index (Phi) is 33.5. The van der Waals surface area contributed by atoms with Crippen LogP contribution >= 0.6 is 23.2 Å². The number of carbonyl (C=O) groups is 6. The van der Waals surface area contributed by atoms with Crippen LogP contribution in [-0.2, 0) is 31.2 Å². The first-order valence-corrected chi connectivity index (χ1v) is 42.5. The molecular formula is C88H101BCl2F9N21O14. The van der Waals surface area contributed by atoms with Crippen molar-refractivity contribution in [2.45, 2.75) is 207 Å². The lowest BCUT2D eigenvalue weighted by molar-refractivity contribution is -0.213. The van der Waals surface area contributed by atoms with Crippen molar-refractivity contribution in [3.8, 4) is 0 Å². The van der Waals surface area contributed by atoms with Gasteiger partial charge in [0.25, 0.3) is 34.4 Å². The van der Waals surface area contributed by atoms with Gasteiger partial charge >= 0.3 is 43.9 Å². The number of fused-ring (bicyclic) bond motifs is 3. The fourth-order valence-corrected chi connectivity index (χ4v) is 12.3. The van der Waals surface area contributed by atoms with E-state index >= 15 is 0 Å². The fraction of sp³-hybridized carbons (Fsp3) is 0.420. The molecule has 135 heavy (non-hydrogen) atoms. The van der Waals surface area contributed by atoms with Crippen LogP contribution in [0.15, 0.2) is 149 Å². The summed E-state index contributed by atoms with van der Waals surface area (Å²) in [6.45, 7) is 17.8. The van der Waals surface area contributed by atoms with Crippen LogP contribution in [0.5, 0.6) is 0 Å². The van der Waals surface area contributed by atoms with E-state index in [1.54, 1.807) is 71.1 Å². The number of nitrogens with two attached hydrogens (primary N) is 1. The van der Waals surface area contributed by atoms with E-state index in [0.29, 0.717) is 72.2 Å². The van der Waals surface area contributed by atoms with Crippen LogP contribution in [0, 0.1) is 29.6 Å². The van der Waals surface area contributed by atoms with E-state index in [4.69, 9.17) is 53.2 Å². The summed E-state index contributed by atoms with van der Waals surface area (Å²) < 4.78 is 137. The van der Waals surface area contributed by atoms with Gasteiger partial charge in [0.05, 0.1) is 22.8 Å². The van der Waals surface area contributed by atoms with E-state index < -0.39 is 112 Å². The maximum Gasteiger partial charge on any atom is 0.480 e. The Hall–Kier alpha value is -13.3. The zero-order chi connectivity index (χ0) is 98.6. The lowest BCUT2D eigenvalue weighted by Crippen LogP contribution is -2.55. The molecular weight excluding hydrogens is 1830 g/mol. The molecule has 35 nitrogen and oxygen atoms in total. The van der Waals surface area contributed by atoms with Crippen LogP contribution in [0.1, 0.15) is 209 Å². The minimum absolute atomic E-state index is 0. The molecule has 3 aliphatic heterocycles. The average molecular weight is 1930 g/mol. The number of rotatable bonds is 16. The van der Waals surface area contributed by atoms with Gasteiger partial charge in [0.1, 0.15) is 110 Å². The summed E-state index contributed by atoms with van der Waals surface area (Å²) >= 11 is 11.3. The summed E-state index contributed by atoms with van der Waals surface area (Å²) in [5.74, 6) is 3.21. The Balaban J connectivity index is 0.000000181. The predicted molar refractivity (Wildman–Crippen MR) is 485 cm³/mol. The van der Waals surface area contributed by atoms with Gasteiger partial charge < -0.3 is 56.6 Å². The van der Waals surface area contributed by atoms with Gasteiger partial charge in [-0.15, -0.1) is 0 Å². The highest BCUT2D eigenvalue weighted by atomic mass is 35.5. The number of allylic oxidation sites excluding steroid dienone is 5. The summed E-state index contributed by atoms with van der Waals surface area (Å²) in [6.07, 6.45) is 19.8. The van der Waals surface area contributed by atoms with Crippen molar-refractivity contribution in [1.82, 2.24) is 79.5 Å². The second-order valence-electron chi connectivity index (χ2n) is 35.0. The van der Waals surface area contributed by atoms with Crippen molar-refractivity contribution in [3.05, 3.63) is 216 Å². The van der Waals surface area contributed by atoms with E-state index in [9.17, 15) is 82.7 Å². The van der Waals surface area contributed by atoms with Gasteiger partial charge in [-0.05, 0) is 238 Å². The molecule has 5 aliphatic carbocycles. The topological polar surface area (TPSA) is 467 Å². The normalized spacial score (nSPS) is 18.7. The molecule has 6 amide bonds.